The van der Waals surface area contributed by atoms with Crippen LogP contribution in [0.25, 0.3) is 11.3 Å². The van der Waals surface area contributed by atoms with Crippen LogP contribution in [-0.4, -0.2) is 36.7 Å². The number of halogens is 1. The van der Waals surface area contributed by atoms with Crippen LogP contribution in [0.3, 0.4) is 0 Å². The van der Waals surface area contributed by atoms with Crippen molar-refractivity contribution in [3.63, 3.8) is 0 Å². The quantitative estimate of drug-likeness (QED) is 0.871. The maximum absolute atomic E-state index is 12.0. The molecular formula is C14H14FN3O3S. The van der Waals surface area contributed by atoms with Crippen LogP contribution in [0.4, 0.5) is 4.39 Å². The van der Waals surface area contributed by atoms with E-state index in [0.29, 0.717) is 5.69 Å². The minimum atomic E-state index is -3.82. The summed E-state index contributed by atoms with van der Waals surface area (Å²) < 4.78 is 37.0. The van der Waals surface area contributed by atoms with E-state index in [1.54, 1.807) is 30.7 Å². The van der Waals surface area contributed by atoms with Crippen LogP contribution in [0, 0.1) is 0 Å². The van der Waals surface area contributed by atoms with Gasteiger partial charge in [-0.05, 0) is 18.6 Å². The Morgan fingerprint density at radius 3 is 2.50 bits per heavy atom. The lowest BCUT2D eigenvalue weighted by molar-refractivity contribution is 0.0981. The average molecular weight is 323 g/mol. The molecule has 0 aliphatic carbocycles. The number of amides is 1. The standard InChI is InChI=1S/C14H14FN3O3S/c15-6-1-9-22(20,21)18-14(19)12-4-2-11(3-5-12)13-10-16-7-8-17-13/h2-5,7-8,10H,1,6,9H2,(H,18,19). The number of sulfonamides is 1. The Labute approximate surface area is 127 Å². The first-order valence-corrected chi connectivity index (χ1v) is 8.14. The van der Waals surface area contributed by atoms with E-state index in [-0.39, 0.29) is 12.0 Å². The van der Waals surface area contributed by atoms with Crippen molar-refractivity contribution < 1.29 is 17.6 Å². The maximum atomic E-state index is 12.0. The van der Waals surface area contributed by atoms with E-state index in [9.17, 15) is 17.6 Å². The Hall–Kier alpha value is -2.35. The first-order valence-electron chi connectivity index (χ1n) is 6.49. The highest BCUT2D eigenvalue weighted by Gasteiger charge is 2.15. The fraction of sp³-hybridized carbons (Fsp3) is 0.214. The molecule has 0 unspecified atom stereocenters. The molecule has 2 aromatic rings. The van der Waals surface area contributed by atoms with Gasteiger partial charge in [-0.2, -0.15) is 0 Å². The number of carbonyl (C=O) groups is 1. The summed E-state index contributed by atoms with van der Waals surface area (Å²) in [6.45, 7) is -0.748. The average Bonchev–Trinajstić information content (AvgIpc) is 2.53. The van der Waals surface area contributed by atoms with E-state index in [2.05, 4.69) is 9.97 Å². The Balaban J connectivity index is 2.09. The Kier molecular flexibility index (Phi) is 5.16. The normalized spacial score (nSPS) is 11.1. The maximum Gasteiger partial charge on any atom is 0.264 e. The third kappa shape index (κ3) is 4.32. The molecule has 116 valence electrons. The smallest absolute Gasteiger partial charge is 0.264 e. The van der Waals surface area contributed by atoms with Gasteiger partial charge in [-0.3, -0.25) is 19.2 Å². The second kappa shape index (κ2) is 7.08. The predicted molar refractivity (Wildman–Crippen MR) is 79.3 cm³/mol. The summed E-state index contributed by atoms with van der Waals surface area (Å²) in [5.41, 5.74) is 1.59. The number of benzene rings is 1. The number of hydrogen-bond donors (Lipinski definition) is 1. The van der Waals surface area contributed by atoms with Crippen molar-refractivity contribution in [1.29, 1.82) is 0 Å². The molecule has 0 saturated heterocycles. The molecule has 1 heterocycles. The lowest BCUT2D eigenvalue weighted by Crippen LogP contribution is -2.32. The zero-order valence-corrected chi connectivity index (χ0v) is 12.4. The van der Waals surface area contributed by atoms with Crippen molar-refractivity contribution in [3.05, 3.63) is 48.4 Å². The molecule has 2 rings (SSSR count). The summed E-state index contributed by atoms with van der Waals surface area (Å²) in [4.78, 5) is 19.9. The third-order valence-electron chi connectivity index (χ3n) is 2.80. The van der Waals surface area contributed by atoms with Crippen molar-refractivity contribution in [2.45, 2.75) is 6.42 Å². The first-order chi connectivity index (χ1) is 10.5. The number of carbonyl (C=O) groups excluding carboxylic acids is 1. The molecule has 1 amide bonds. The molecule has 0 aliphatic heterocycles. The van der Waals surface area contributed by atoms with E-state index in [4.69, 9.17) is 0 Å². The van der Waals surface area contributed by atoms with Crippen LogP contribution in [0.2, 0.25) is 0 Å². The Bertz CT molecular complexity index is 734. The van der Waals surface area contributed by atoms with Gasteiger partial charge in [0.15, 0.2) is 0 Å². The van der Waals surface area contributed by atoms with Crippen molar-refractivity contribution in [3.8, 4) is 11.3 Å². The molecule has 1 aromatic heterocycles. The monoisotopic (exact) mass is 323 g/mol. The fourth-order valence-corrected chi connectivity index (χ4v) is 2.73. The van der Waals surface area contributed by atoms with Gasteiger partial charge in [-0.15, -0.1) is 0 Å². The van der Waals surface area contributed by atoms with Crippen LogP contribution < -0.4 is 4.72 Å². The van der Waals surface area contributed by atoms with E-state index in [0.717, 1.165) is 5.56 Å². The minimum absolute atomic E-state index is 0.145. The molecule has 22 heavy (non-hydrogen) atoms. The first kappa shape index (κ1) is 16.0. The number of hydrogen-bond acceptors (Lipinski definition) is 5. The number of alkyl halides is 1. The fourth-order valence-electron chi connectivity index (χ4n) is 1.74. The third-order valence-corrected chi connectivity index (χ3v) is 4.12. The summed E-state index contributed by atoms with van der Waals surface area (Å²) in [7, 11) is -3.82. The molecule has 0 radical (unpaired) electrons. The molecule has 0 atom stereocenters. The molecule has 0 bridgehead atoms. The van der Waals surface area contributed by atoms with E-state index in [1.807, 2.05) is 4.72 Å². The van der Waals surface area contributed by atoms with Crippen LogP contribution in [-0.2, 0) is 10.0 Å². The van der Waals surface area contributed by atoms with Crippen molar-refractivity contribution in [1.82, 2.24) is 14.7 Å². The summed E-state index contributed by atoms with van der Waals surface area (Å²) in [6.07, 6.45) is 4.53. The van der Waals surface area contributed by atoms with E-state index in [1.165, 1.54) is 12.1 Å². The molecule has 0 fully saturated rings. The van der Waals surface area contributed by atoms with Crippen molar-refractivity contribution in [2.24, 2.45) is 0 Å². The summed E-state index contributed by atoms with van der Waals surface area (Å²) >= 11 is 0. The molecule has 1 aromatic carbocycles. The van der Waals surface area contributed by atoms with Gasteiger partial charge in [0.05, 0.1) is 24.3 Å². The predicted octanol–water partition coefficient (Wildman–Crippen LogP) is 1.56. The molecule has 8 heteroatoms. The van der Waals surface area contributed by atoms with Crippen LogP contribution >= 0.6 is 0 Å². The lowest BCUT2D eigenvalue weighted by Gasteiger charge is -2.06. The summed E-state index contributed by atoms with van der Waals surface area (Å²) in [5, 5.41) is 0. The second-order valence-electron chi connectivity index (χ2n) is 4.46. The molecule has 6 nitrogen and oxygen atoms in total. The highest BCUT2D eigenvalue weighted by Crippen LogP contribution is 2.16. The minimum Gasteiger partial charge on any atom is -0.268 e. The number of rotatable bonds is 6. The van der Waals surface area contributed by atoms with Crippen LogP contribution in [0.15, 0.2) is 42.9 Å². The van der Waals surface area contributed by atoms with Gasteiger partial charge >= 0.3 is 0 Å². The second-order valence-corrected chi connectivity index (χ2v) is 6.30. The van der Waals surface area contributed by atoms with Gasteiger partial charge < -0.3 is 0 Å². The van der Waals surface area contributed by atoms with Crippen molar-refractivity contribution >= 4 is 15.9 Å². The summed E-state index contributed by atoms with van der Waals surface area (Å²) in [5.74, 6) is -1.17. The Morgan fingerprint density at radius 1 is 1.18 bits per heavy atom. The van der Waals surface area contributed by atoms with E-state index < -0.39 is 28.4 Å². The molecule has 0 spiro atoms. The van der Waals surface area contributed by atoms with Gasteiger partial charge in [-0.25, -0.2) is 13.1 Å². The van der Waals surface area contributed by atoms with Gasteiger partial charge in [-0.1, -0.05) is 12.1 Å². The number of aromatic nitrogens is 2. The highest BCUT2D eigenvalue weighted by molar-refractivity contribution is 7.90. The SMILES string of the molecule is O=C(NS(=O)(=O)CCCF)c1ccc(-c2cnccn2)cc1. The summed E-state index contributed by atoms with van der Waals surface area (Å²) in [6, 6.07) is 6.27. The van der Waals surface area contributed by atoms with Gasteiger partial charge in [0.25, 0.3) is 5.91 Å². The zero-order valence-electron chi connectivity index (χ0n) is 11.6. The van der Waals surface area contributed by atoms with Crippen LogP contribution in [0.1, 0.15) is 16.8 Å². The molecular weight excluding hydrogens is 309 g/mol. The number of nitrogens with zero attached hydrogens (tertiary/aromatic N) is 2. The largest absolute Gasteiger partial charge is 0.268 e. The van der Waals surface area contributed by atoms with Gasteiger partial charge in [0.2, 0.25) is 10.0 Å². The van der Waals surface area contributed by atoms with E-state index >= 15 is 0 Å². The highest BCUT2D eigenvalue weighted by atomic mass is 32.2. The molecule has 0 saturated carbocycles. The van der Waals surface area contributed by atoms with Crippen LogP contribution in [0.5, 0.6) is 0 Å². The number of nitrogens with one attached hydrogen (secondary N) is 1. The zero-order chi connectivity index (χ0) is 16.0. The molecule has 0 aliphatic rings. The molecule has 1 N–H and O–H groups in total. The van der Waals surface area contributed by atoms with Crippen molar-refractivity contribution in [2.75, 3.05) is 12.4 Å². The topological polar surface area (TPSA) is 89.0 Å². The lowest BCUT2D eigenvalue weighted by atomic mass is 10.1. The van der Waals surface area contributed by atoms with Gasteiger partial charge in [0.1, 0.15) is 0 Å². The Morgan fingerprint density at radius 2 is 1.91 bits per heavy atom. The van der Waals surface area contributed by atoms with Gasteiger partial charge in [0, 0.05) is 23.5 Å².